The highest BCUT2D eigenvalue weighted by Gasteiger charge is 2.10. The molecule has 1 N–H and O–H groups in total. The first-order valence-electron chi connectivity index (χ1n) is 6.44. The highest BCUT2D eigenvalue weighted by molar-refractivity contribution is 5.17. The minimum absolute atomic E-state index is 0.286. The summed E-state index contributed by atoms with van der Waals surface area (Å²) >= 11 is 0. The van der Waals surface area contributed by atoms with Crippen LogP contribution in [-0.2, 0) is 6.54 Å². The number of hydrogen-bond donors (Lipinski definition) is 1. The lowest BCUT2D eigenvalue weighted by Crippen LogP contribution is -2.18. The fourth-order valence-electron chi connectivity index (χ4n) is 2.01. The van der Waals surface area contributed by atoms with Gasteiger partial charge in [-0.05, 0) is 37.6 Å². The number of nitrogens with one attached hydrogen (secondary N) is 1. The number of pyridine rings is 1. The van der Waals surface area contributed by atoms with Crippen molar-refractivity contribution in [3.05, 3.63) is 48.3 Å². The Kier molecular flexibility index (Phi) is 4.47. The molecule has 4 heteroatoms. The summed E-state index contributed by atoms with van der Waals surface area (Å²) in [5.41, 5.74) is 2.47. The summed E-state index contributed by atoms with van der Waals surface area (Å²) in [6, 6.07) is 4.39. The molecule has 2 aromatic heterocycles. The Bertz CT molecular complexity index is 464. The van der Waals surface area contributed by atoms with Gasteiger partial charge in [-0.3, -0.25) is 4.98 Å². The lowest BCUT2D eigenvalue weighted by molar-refractivity contribution is 0.574. The van der Waals surface area contributed by atoms with Crippen LogP contribution in [0, 0.1) is 0 Å². The fourth-order valence-corrected chi connectivity index (χ4v) is 2.01. The molecule has 0 saturated heterocycles. The Balaban J connectivity index is 2.11. The first kappa shape index (κ1) is 12.8. The molecule has 0 radical (unpaired) electrons. The molecule has 0 amide bonds. The van der Waals surface area contributed by atoms with Gasteiger partial charge in [-0.25, -0.2) is 4.98 Å². The quantitative estimate of drug-likeness (QED) is 0.793. The molecule has 0 fully saturated rings. The normalized spacial score (nSPS) is 12.6. The number of aromatic nitrogens is 3. The molecule has 96 valence electrons. The standard InChI is InChI=1S/C14H20N4/c1-3-6-16-9-14-10-17-11-18(14)12(2)13-4-7-15-8-5-13/h4-5,7-8,10-12,16H,3,6,9H2,1-2H3. The predicted octanol–water partition coefficient (Wildman–Crippen LogP) is 2.39. The lowest BCUT2D eigenvalue weighted by atomic mass is 10.1. The van der Waals surface area contributed by atoms with E-state index < -0.39 is 0 Å². The first-order chi connectivity index (χ1) is 8.83. The van der Waals surface area contributed by atoms with Gasteiger partial charge in [0.1, 0.15) is 0 Å². The zero-order chi connectivity index (χ0) is 12.8. The third kappa shape index (κ3) is 2.96. The van der Waals surface area contributed by atoms with Crippen LogP contribution >= 0.6 is 0 Å². The summed E-state index contributed by atoms with van der Waals surface area (Å²) in [6.07, 6.45) is 8.64. The maximum Gasteiger partial charge on any atom is 0.0954 e. The molecule has 0 spiro atoms. The highest BCUT2D eigenvalue weighted by Crippen LogP contribution is 2.18. The number of imidazole rings is 1. The van der Waals surface area contributed by atoms with Crippen LogP contribution in [0.15, 0.2) is 37.1 Å². The van der Waals surface area contributed by atoms with Gasteiger partial charge in [0, 0.05) is 25.1 Å². The van der Waals surface area contributed by atoms with E-state index in [0.29, 0.717) is 0 Å². The minimum Gasteiger partial charge on any atom is -0.326 e. The SMILES string of the molecule is CCCNCc1cncn1C(C)c1ccncc1. The summed E-state index contributed by atoms with van der Waals surface area (Å²) in [4.78, 5) is 8.31. The van der Waals surface area contributed by atoms with E-state index in [2.05, 4.69) is 33.7 Å². The van der Waals surface area contributed by atoms with Gasteiger partial charge < -0.3 is 9.88 Å². The molecular formula is C14H20N4. The fraction of sp³-hybridized carbons (Fsp3) is 0.429. The molecule has 0 aromatic carbocycles. The maximum atomic E-state index is 4.25. The van der Waals surface area contributed by atoms with E-state index in [9.17, 15) is 0 Å². The lowest BCUT2D eigenvalue weighted by Gasteiger charge is -2.17. The molecule has 0 aliphatic carbocycles. The van der Waals surface area contributed by atoms with Gasteiger partial charge in [0.05, 0.1) is 18.1 Å². The smallest absolute Gasteiger partial charge is 0.0954 e. The molecule has 2 aromatic rings. The van der Waals surface area contributed by atoms with E-state index >= 15 is 0 Å². The molecule has 2 rings (SSSR count). The van der Waals surface area contributed by atoms with Gasteiger partial charge >= 0.3 is 0 Å². The van der Waals surface area contributed by atoms with Crippen LogP contribution in [0.2, 0.25) is 0 Å². The third-order valence-electron chi connectivity index (χ3n) is 3.08. The molecule has 0 bridgehead atoms. The van der Waals surface area contributed by atoms with E-state index in [1.165, 1.54) is 11.3 Å². The Morgan fingerprint density at radius 2 is 2.06 bits per heavy atom. The minimum atomic E-state index is 0.286. The zero-order valence-corrected chi connectivity index (χ0v) is 11.0. The summed E-state index contributed by atoms with van der Waals surface area (Å²) in [7, 11) is 0. The Hall–Kier alpha value is -1.68. The molecule has 18 heavy (non-hydrogen) atoms. The van der Waals surface area contributed by atoms with Crippen molar-refractivity contribution in [2.24, 2.45) is 0 Å². The molecule has 0 aliphatic heterocycles. The van der Waals surface area contributed by atoms with Crippen molar-refractivity contribution in [3.8, 4) is 0 Å². The Labute approximate surface area is 108 Å². The van der Waals surface area contributed by atoms with Gasteiger partial charge in [0.15, 0.2) is 0 Å². The van der Waals surface area contributed by atoms with Gasteiger partial charge in [-0.15, -0.1) is 0 Å². The van der Waals surface area contributed by atoms with E-state index in [-0.39, 0.29) is 6.04 Å². The number of hydrogen-bond acceptors (Lipinski definition) is 3. The second-order valence-electron chi connectivity index (χ2n) is 4.43. The average Bonchev–Trinajstić information content (AvgIpc) is 2.88. The largest absolute Gasteiger partial charge is 0.326 e. The molecule has 0 aliphatic rings. The summed E-state index contributed by atoms with van der Waals surface area (Å²) in [5, 5.41) is 3.41. The van der Waals surface area contributed by atoms with E-state index in [1.807, 2.05) is 37.1 Å². The van der Waals surface area contributed by atoms with Gasteiger partial charge in [-0.1, -0.05) is 6.92 Å². The highest BCUT2D eigenvalue weighted by atomic mass is 15.1. The van der Waals surface area contributed by atoms with Gasteiger partial charge in [-0.2, -0.15) is 0 Å². The first-order valence-corrected chi connectivity index (χ1v) is 6.44. The molecule has 4 nitrogen and oxygen atoms in total. The van der Waals surface area contributed by atoms with Crippen molar-refractivity contribution in [1.29, 1.82) is 0 Å². The third-order valence-corrected chi connectivity index (χ3v) is 3.08. The van der Waals surface area contributed by atoms with Crippen LogP contribution in [0.5, 0.6) is 0 Å². The van der Waals surface area contributed by atoms with E-state index in [0.717, 1.165) is 19.5 Å². The van der Waals surface area contributed by atoms with Crippen LogP contribution in [0.1, 0.15) is 37.6 Å². The number of rotatable bonds is 6. The van der Waals surface area contributed by atoms with E-state index in [1.54, 1.807) is 0 Å². The monoisotopic (exact) mass is 244 g/mol. The zero-order valence-electron chi connectivity index (χ0n) is 11.0. The Morgan fingerprint density at radius 1 is 1.28 bits per heavy atom. The molecule has 1 atom stereocenters. The van der Waals surface area contributed by atoms with E-state index in [4.69, 9.17) is 0 Å². The van der Waals surface area contributed by atoms with Crippen molar-refractivity contribution in [1.82, 2.24) is 19.9 Å². The van der Waals surface area contributed by atoms with Crippen LogP contribution in [0.4, 0.5) is 0 Å². The molecular weight excluding hydrogens is 224 g/mol. The van der Waals surface area contributed by atoms with Crippen molar-refractivity contribution < 1.29 is 0 Å². The van der Waals surface area contributed by atoms with Crippen LogP contribution in [0.3, 0.4) is 0 Å². The van der Waals surface area contributed by atoms with Crippen molar-refractivity contribution in [2.75, 3.05) is 6.54 Å². The summed E-state index contributed by atoms with van der Waals surface area (Å²) in [6.45, 7) is 6.25. The summed E-state index contributed by atoms with van der Waals surface area (Å²) in [5.74, 6) is 0. The molecule has 2 heterocycles. The molecule has 0 saturated carbocycles. The van der Waals surface area contributed by atoms with Gasteiger partial charge in [0.25, 0.3) is 0 Å². The number of nitrogens with zero attached hydrogens (tertiary/aromatic N) is 3. The van der Waals surface area contributed by atoms with Gasteiger partial charge in [0.2, 0.25) is 0 Å². The maximum absolute atomic E-state index is 4.25. The summed E-state index contributed by atoms with van der Waals surface area (Å²) < 4.78 is 2.21. The van der Waals surface area contributed by atoms with Crippen molar-refractivity contribution >= 4 is 0 Å². The Morgan fingerprint density at radius 3 is 2.78 bits per heavy atom. The average molecular weight is 244 g/mol. The van der Waals surface area contributed by atoms with Crippen LogP contribution in [-0.4, -0.2) is 21.1 Å². The predicted molar refractivity (Wildman–Crippen MR) is 72.3 cm³/mol. The van der Waals surface area contributed by atoms with Crippen LogP contribution < -0.4 is 5.32 Å². The topological polar surface area (TPSA) is 42.7 Å². The van der Waals surface area contributed by atoms with Crippen LogP contribution in [0.25, 0.3) is 0 Å². The second kappa shape index (κ2) is 6.31. The van der Waals surface area contributed by atoms with Crippen molar-refractivity contribution in [3.63, 3.8) is 0 Å². The molecule has 1 unspecified atom stereocenters. The van der Waals surface area contributed by atoms with Crippen molar-refractivity contribution in [2.45, 2.75) is 32.9 Å². The second-order valence-corrected chi connectivity index (χ2v) is 4.43.